The van der Waals surface area contributed by atoms with Gasteiger partial charge >= 0.3 is 28.7 Å². The normalized spacial score (nSPS) is 7.05. The zero-order valence-corrected chi connectivity index (χ0v) is 12.3. The van der Waals surface area contributed by atoms with E-state index in [0.29, 0.717) is 6.54 Å². The van der Waals surface area contributed by atoms with Gasteiger partial charge in [0, 0.05) is 0 Å². The average Bonchev–Trinajstić information content (AvgIpc) is 2.39. The van der Waals surface area contributed by atoms with Crippen LogP contribution in [0.1, 0.15) is 0 Å². The van der Waals surface area contributed by atoms with Crippen LogP contribution in [0.15, 0.2) is 0 Å². The average molecular weight is 342 g/mol. The van der Waals surface area contributed by atoms with E-state index in [2.05, 4.69) is 12.6 Å². The third-order valence-corrected chi connectivity index (χ3v) is 0.808. The summed E-state index contributed by atoms with van der Waals surface area (Å²) in [5.74, 6) is -2.86. The Morgan fingerprint density at radius 3 is 0.895 bits per heavy atom. The van der Waals surface area contributed by atoms with Crippen molar-refractivity contribution in [2.45, 2.75) is 0 Å². The molecule has 0 aromatic rings. The van der Waals surface area contributed by atoms with E-state index in [4.69, 9.17) is 48.5 Å². The molecule has 9 nitrogen and oxygen atoms in total. The van der Waals surface area contributed by atoms with Crippen LogP contribution in [0.2, 0.25) is 0 Å². The van der Waals surface area contributed by atoms with Gasteiger partial charge in [0.2, 0.25) is 0 Å². The van der Waals surface area contributed by atoms with Crippen LogP contribution in [0, 0.1) is 0 Å². The van der Waals surface area contributed by atoms with Gasteiger partial charge in [-0.25, -0.2) is 9.59 Å². The van der Waals surface area contributed by atoms with E-state index in [9.17, 15) is 0 Å². The fourth-order valence-electron chi connectivity index (χ4n) is 0. The van der Waals surface area contributed by atoms with Gasteiger partial charge in [0.05, 0.1) is 5.75 Å². The molecule has 0 aliphatic carbocycles. The molecule has 0 heterocycles. The quantitative estimate of drug-likeness (QED) is 0.578. The fraction of sp³-hybridized carbons (Fsp3) is 0.750. The molecule has 0 aromatic carbocycles. The van der Waals surface area contributed by atoms with Gasteiger partial charge in [0.15, 0.2) is 0 Å². The van der Waals surface area contributed by atoms with Gasteiger partial charge < -0.3 is 38.9 Å². The number of hydrogen-bond donors (Lipinski definition) is 2. The van der Waals surface area contributed by atoms with Crippen LogP contribution in [0.4, 0.5) is 0 Å². The molecule has 0 fully saturated rings. The summed E-state index contributed by atoms with van der Waals surface area (Å²) >= 11 is 3.10. The molecular weight excluding hydrogens is 321 g/mol. The molecule has 0 aromatic heterocycles. The summed E-state index contributed by atoms with van der Waals surface area (Å²) in [6.07, 6.45) is 0. The Hall–Kier alpha value is -0.404. The maximum Gasteiger partial charge on any atom is 3.00 e. The summed E-state index contributed by atoms with van der Waals surface area (Å²) in [5.41, 5.74) is 31.5. The maximum atomic E-state index is 9.10. The second kappa shape index (κ2) is 36.0. The van der Waals surface area contributed by atoms with Gasteiger partial charge in [-0.05, 0) is 12.6 Å². The molecule has 0 saturated carbocycles. The minimum atomic E-state index is -1.82. The first-order chi connectivity index (χ1) is 8.39. The van der Waals surface area contributed by atoms with Gasteiger partial charge in [-0.15, -0.1) is 6.54 Å². The number of hydrogen-bond acceptors (Lipinski definition) is 2. The van der Waals surface area contributed by atoms with Crippen molar-refractivity contribution in [3.8, 4) is 0 Å². The van der Waals surface area contributed by atoms with Crippen molar-refractivity contribution in [1.82, 2.24) is 0 Å². The molecular formula is C8H21CoN5O4S-. The standard InChI is InChI=1S/2C2H6N2.C2H6NS.C2H2O4.Co/c3*3-1-2-4;3-1(4)2(5)6;/h3*3-4H,1-2H2;(H,3,4)(H,5,6);/q2*-2;-1;;+3/p+1. The fourth-order valence-corrected chi connectivity index (χ4v) is 0. The van der Waals surface area contributed by atoms with Crippen LogP contribution < -0.4 is 0 Å². The molecule has 0 bridgehead atoms. The third-order valence-electron chi connectivity index (χ3n) is 0.558. The van der Waals surface area contributed by atoms with E-state index in [1.165, 1.54) is 0 Å². The van der Waals surface area contributed by atoms with Crippen molar-refractivity contribution in [3.05, 3.63) is 28.7 Å². The number of rotatable bonds is 3. The molecule has 0 spiro atoms. The second-order valence-corrected chi connectivity index (χ2v) is 2.61. The summed E-state index contributed by atoms with van der Waals surface area (Å²) < 4.78 is 0. The van der Waals surface area contributed by atoms with Crippen molar-refractivity contribution >= 4 is 24.6 Å². The molecule has 0 radical (unpaired) electrons. The molecule has 0 aliphatic rings. The molecule has 0 atom stereocenters. The summed E-state index contributed by atoms with van der Waals surface area (Å²) in [5, 5.41) is 14.8. The first-order valence-electron chi connectivity index (χ1n) is 4.73. The molecule has 0 aliphatic heterocycles. The molecule has 0 unspecified atom stereocenters. The van der Waals surface area contributed by atoms with Crippen molar-refractivity contribution in [3.63, 3.8) is 0 Å². The monoisotopic (exact) mass is 342 g/mol. The minimum Gasteiger partial charge on any atom is -0.679 e. The summed E-state index contributed by atoms with van der Waals surface area (Å²) in [7, 11) is 0. The zero-order valence-electron chi connectivity index (χ0n) is 10.3. The van der Waals surface area contributed by atoms with Crippen LogP contribution in [-0.2, 0) is 39.0 Å². The Morgan fingerprint density at radius 1 is 0.737 bits per heavy atom. The first-order valence-corrected chi connectivity index (χ1v) is 5.43. The van der Waals surface area contributed by atoms with E-state index in [-0.39, 0.29) is 43.0 Å². The Morgan fingerprint density at radius 2 is 0.895 bits per heavy atom. The zero-order chi connectivity index (χ0) is 15.4. The molecule has 0 amide bonds. The summed E-state index contributed by atoms with van der Waals surface area (Å²) in [6.45, 7) is 1.43. The Bertz CT molecular complexity index is 152. The van der Waals surface area contributed by atoms with Crippen LogP contribution >= 0.6 is 0 Å². The van der Waals surface area contributed by atoms with Crippen LogP contribution in [-0.4, -0.2) is 60.6 Å². The van der Waals surface area contributed by atoms with Crippen molar-refractivity contribution < 1.29 is 36.6 Å². The van der Waals surface area contributed by atoms with Gasteiger partial charge in [-0.1, -0.05) is 0 Å². The maximum absolute atomic E-state index is 9.10. The van der Waals surface area contributed by atoms with Crippen molar-refractivity contribution in [2.24, 2.45) is 0 Å². The smallest absolute Gasteiger partial charge is 0.679 e. The number of carbonyl (C=O) groups is 2. The van der Waals surface area contributed by atoms with Gasteiger partial charge in [0.1, 0.15) is 0 Å². The van der Waals surface area contributed by atoms with E-state index in [1.807, 2.05) is 0 Å². The Kier molecular flexibility index (Phi) is 59.1. The van der Waals surface area contributed by atoms with Gasteiger partial charge in [-0.2, -0.15) is 26.2 Å². The number of aliphatic carboxylic acids is 2. The summed E-state index contributed by atoms with van der Waals surface area (Å²) in [6, 6.07) is 0. The summed E-state index contributed by atoms with van der Waals surface area (Å²) in [4.78, 5) is 18.2. The molecule has 118 valence electrons. The van der Waals surface area contributed by atoms with Crippen LogP contribution in [0.25, 0.3) is 28.7 Å². The minimum absolute atomic E-state index is 0. The van der Waals surface area contributed by atoms with E-state index >= 15 is 0 Å². The van der Waals surface area contributed by atoms with Gasteiger partial charge in [-0.3, -0.25) is 0 Å². The van der Waals surface area contributed by atoms with Crippen LogP contribution in [0.3, 0.4) is 0 Å². The van der Waals surface area contributed by atoms with Crippen LogP contribution in [0.5, 0.6) is 0 Å². The number of carboxylic acids is 2. The first kappa shape index (κ1) is 31.1. The SMILES string of the molecule is O=C(O)C(=O)O.[Co+3].[NH-]CC[NH-].[NH-]CC[NH-].[NH-]CC[SH2+]. The second-order valence-electron chi connectivity index (χ2n) is 2.11. The number of carboxylic acid groups (broad SMARTS) is 2. The molecule has 0 rings (SSSR count). The van der Waals surface area contributed by atoms with Crippen molar-refractivity contribution in [2.75, 3.05) is 38.5 Å². The number of nitrogens with one attached hydrogen (secondary N) is 5. The predicted molar refractivity (Wildman–Crippen MR) is 76.2 cm³/mol. The van der Waals surface area contributed by atoms with Gasteiger partial charge in [0.25, 0.3) is 0 Å². The topological polar surface area (TPSA) is 194 Å². The largest absolute Gasteiger partial charge is 3.00 e. The predicted octanol–water partition coefficient (Wildman–Crippen LogP) is 1.38. The Balaban J connectivity index is -0.0000000459. The Labute approximate surface area is 128 Å². The van der Waals surface area contributed by atoms with E-state index in [1.54, 1.807) is 0 Å². The molecule has 7 N–H and O–H groups in total. The van der Waals surface area contributed by atoms with E-state index < -0.39 is 11.9 Å². The molecule has 11 heteroatoms. The third kappa shape index (κ3) is 98.4. The molecule has 0 saturated heterocycles. The van der Waals surface area contributed by atoms with E-state index in [0.717, 1.165) is 5.75 Å². The van der Waals surface area contributed by atoms with Crippen molar-refractivity contribution in [1.29, 1.82) is 0 Å². The molecule has 19 heavy (non-hydrogen) atoms.